The van der Waals surface area contributed by atoms with Crippen LogP contribution in [0.5, 0.6) is 11.5 Å². The van der Waals surface area contributed by atoms with Crippen molar-refractivity contribution in [3.05, 3.63) is 90.0 Å². The van der Waals surface area contributed by atoms with Crippen LogP contribution < -0.4 is 4.74 Å². The smallest absolute Gasteiger partial charge is 0.446 e. The molecule has 3 aromatic carbocycles. The van der Waals surface area contributed by atoms with E-state index in [1.165, 1.54) is 18.2 Å². The molecule has 7 heteroatoms. The van der Waals surface area contributed by atoms with E-state index in [1.807, 2.05) is 50.2 Å². The number of esters is 1. The van der Waals surface area contributed by atoms with Crippen molar-refractivity contribution >= 4 is 17.7 Å². The molecule has 168 valence electrons. The molecule has 3 rings (SSSR count). The summed E-state index contributed by atoms with van der Waals surface area (Å²) in [4.78, 5) is 12.9. The standard InChI is InChI=1S/C25H23F3O3S/c1-17(2)23(19-9-7-13-22(15-19)32-25(26,27)28)24(29)30-16-18-8-6-12-21(14-18)31-20-10-4-3-5-11-20/h3-15,17,23H,16H2,1-2H3. The molecule has 0 saturated heterocycles. The van der Waals surface area contributed by atoms with Crippen LogP contribution in [-0.2, 0) is 16.1 Å². The highest BCUT2D eigenvalue weighted by Crippen LogP contribution is 2.38. The Hall–Kier alpha value is -2.93. The van der Waals surface area contributed by atoms with Gasteiger partial charge >= 0.3 is 11.5 Å². The summed E-state index contributed by atoms with van der Waals surface area (Å²) in [6, 6.07) is 22.5. The molecule has 0 N–H and O–H groups in total. The molecule has 0 fully saturated rings. The van der Waals surface area contributed by atoms with Gasteiger partial charge in [-0.2, -0.15) is 13.2 Å². The molecule has 0 spiro atoms. The lowest BCUT2D eigenvalue weighted by molar-refractivity contribution is -0.148. The lowest BCUT2D eigenvalue weighted by atomic mass is 9.88. The van der Waals surface area contributed by atoms with Crippen molar-refractivity contribution in [1.82, 2.24) is 0 Å². The number of halogens is 3. The Balaban J connectivity index is 1.68. The van der Waals surface area contributed by atoms with E-state index in [2.05, 4.69) is 0 Å². The van der Waals surface area contributed by atoms with Crippen molar-refractivity contribution in [2.24, 2.45) is 5.92 Å². The second-order valence-corrected chi connectivity index (χ2v) is 8.65. The Kier molecular flexibility index (Phi) is 7.85. The third kappa shape index (κ3) is 7.05. The van der Waals surface area contributed by atoms with Gasteiger partial charge < -0.3 is 9.47 Å². The van der Waals surface area contributed by atoms with E-state index in [-0.39, 0.29) is 29.2 Å². The summed E-state index contributed by atoms with van der Waals surface area (Å²) >= 11 is -0.198. The topological polar surface area (TPSA) is 35.5 Å². The Morgan fingerprint density at radius 3 is 2.28 bits per heavy atom. The van der Waals surface area contributed by atoms with Gasteiger partial charge in [-0.15, -0.1) is 0 Å². The Morgan fingerprint density at radius 1 is 0.906 bits per heavy atom. The van der Waals surface area contributed by atoms with Crippen molar-refractivity contribution in [3.63, 3.8) is 0 Å². The summed E-state index contributed by atoms with van der Waals surface area (Å²) in [7, 11) is 0. The number of alkyl halides is 3. The average molecular weight is 461 g/mol. The predicted molar refractivity (Wildman–Crippen MR) is 119 cm³/mol. The molecule has 0 aromatic heterocycles. The van der Waals surface area contributed by atoms with Gasteiger partial charge in [-0.3, -0.25) is 4.79 Å². The highest BCUT2D eigenvalue weighted by atomic mass is 32.2. The van der Waals surface area contributed by atoms with Crippen LogP contribution in [0.15, 0.2) is 83.8 Å². The van der Waals surface area contributed by atoms with Crippen LogP contribution in [0.2, 0.25) is 0 Å². The molecule has 0 heterocycles. The molecule has 0 saturated carbocycles. The molecule has 3 nitrogen and oxygen atoms in total. The summed E-state index contributed by atoms with van der Waals surface area (Å²) in [5.74, 6) is -0.00220. The molecule has 32 heavy (non-hydrogen) atoms. The minimum Gasteiger partial charge on any atom is -0.460 e. The van der Waals surface area contributed by atoms with Gasteiger partial charge in [-0.05, 0) is 65.2 Å². The third-order valence-electron chi connectivity index (χ3n) is 4.63. The fourth-order valence-electron chi connectivity index (χ4n) is 3.27. The number of thioether (sulfide) groups is 1. The van der Waals surface area contributed by atoms with Crippen LogP contribution in [0.4, 0.5) is 13.2 Å². The lowest BCUT2D eigenvalue weighted by Crippen LogP contribution is -2.21. The first-order chi connectivity index (χ1) is 15.2. The Morgan fingerprint density at radius 2 is 1.59 bits per heavy atom. The predicted octanol–water partition coefficient (Wildman–Crippen LogP) is 7.57. The van der Waals surface area contributed by atoms with E-state index in [9.17, 15) is 18.0 Å². The molecule has 0 aliphatic rings. The van der Waals surface area contributed by atoms with Crippen molar-refractivity contribution in [2.45, 2.75) is 36.8 Å². The number of rotatable bonds is 8. The van der Waals surface area contributed by atoms with E-state index in [1.54, 1.807) is 24.3 Å². The van der Waals surface area contributed by atoms with Crippen molar-refractivity contribution in [2.75, 3.05) is 0 Å². The summed E-state index contributed by atoms with van der Waals surface area (Å²) in [6.45, 7) is 3.71. The highest BCUT2D eigenvalue weighted by Gasteiger charge is 2.31. The fourth-order valence-corrected chi connectivity index (χ4v) is 3.87. The molecular formula is C25H23F3O3S. The number of hydrogen-bond acceptors (Lipinski definition) is 4. The zero-order valence-corrected chi connectivity index (χ0v) is 18.5. The maximum atomic E-state index is 12.8. The molecule has 0 radical (unpaired) electrons. The number of carbonyl (C=O) groups is 1. The van der Waals surface area contributed by atoms with Gasteiger partial charge in [0.25, 0.3) is 0 Å². The minimum atomic E-state index is -4.39. The van der Waals surface area contributed by atoms with Crippen LogP contribution in [0, 0.1) is 5.92 Å². The maximum Gasteiger partial charge on any atom is 0.446 e. The molecule has 1 unspecified atom stereocenters. The first-order valence-corrected chi connectivity index (χ1v) is 10.9. The zero-order valence-electron chi connectivity index (χ0n) is 17.6. The monoisotopic (exact) mass is 460 g/mol. The Bertz CT molecular complexity index is 1040. The van der Waals surface area contributed by atoms with Gasteiger partial charge in [0.1, 0.15) is 18.1 Å². The van der Waals surface area contributed by atoms with Crippen LogP contribution in [0.3, 0.4) is 0 Å². The number of hydrogen-bond donors (Lipinski definition) is 0. The molecule has 0 aliphatic heterocycles. The summed E-state index contributed by atoms with van der Waals surface area (Å²) in [5.41, 5.74) is -3.14. The van der Waals surface area contributed by atoms with E-state index >= 15 is 0 Å². The highest BCUT2D eigenvalue weighted by molar-refractivity contribution is 8.00. The maximum absolute atomic E-state index is 12.8. The van der Waals surface area contributed by atoms with Gasteiger partial charge in [-0.1, -0.05) is 56.3 Å². The average Bonchev–Trinajstić information content (AvgIpc) is 2.72. The fraction of sp³-hybridized carbons (Fsp3) is 0.240. The number of ether oxygens (including phenoxy) is 2. The number of benzene rings is 3. The molecule has 0 bridgehead atoms. The van der Waals surface area contributed by atoms with Crippen molar-refractivity contribution in [1.29, 1.82) is 0 Å². The van der Waals surface area contributed by atoms with Gasteiger partial charge in [0, 0.05) is 4.90 Å². The number of carbonyl (C=O) groups excluding carboxylic acids is 1. The summed E-state index contributed by atoms with van der Waals surface area (Å²) < 4.78 is 49.5. The lowest BCUT2D eigenvalue weighted by Gasteiger charge is -2.21. The molecule has 0 aliphatic carbocycles. The first-order valence-electron chi connectivity index (χ1n) is 10.1. The second-order valence-electron chi connectivity index (χ2n) is 7.51. The van der Waals surface area contributed by atoms with E-state index in [0.717, 1.165) is 5.56 Å². The van der Waals surface area contributed by atoms with Gasteiger partial charge in [0.2, 0.25) is 0 Å². The van der Waals surface area contributed by atoms with E-state index < -0.39 is 17.4 Å². The summed E-state index contributed by atoms with van der Waals surface area (Å²) in [6.07, 6.45) is 0. The van der Waals surface area contributed by atoms with Gasteiger partial charge in [-0.25, -0.2) is 0 Å². The minimum absolute atomic E-state index is 0.0328. The van der Waals surface area contributed by atoms with Gasteiger partial charge in [0.05, 0.1) is 5.92 Å². The Labute approximate surface area is 189 Å². The van der Waals surface area contributed by atoms with Crippen LogP contribution in [0.1, 0.15) is 30.9 Å². The second kappa shape index (κ2) is 10.6. The summed E-state index contributed by atoms with van der Waals surface area (Å²) in [5, 5.41) is 0. The van der Waals surface area contributed by atoms with Crippen LogP contribution in [-0.4, -0.2) is 11.5 Å². The van der Waals surface area contributed by atoms with E-state index in [4.69, 9.17) is 9.47 Å². The molecule has 0 amide bonds. The largest absolute Gasteiger partial charge is 0.460 e. The van der Waals surface area contributed by atoms with Crippen molar-refractivity contribution < 1.29 is 27.4 Å². The quantitative estimate of drug-likeness (QED) is 0.256. The third-order valence-corrected chi connectivity index (χ3v) is 5.35. The van der Waals surface area contributed by atoms with Crippen molar-refractivity contribution in [3.8, 4) is 11.5 Å². The van der Waals surface area contributed by atoms with Crippen LogP contribution in [0.25, 0.3) is 0 Å². The molecule has 1 atom stereocenters. The first kappa shape index (κ1) is 23.7. The SMILES string of the molecule is CC(C)C(C(=O)OCc1cccc(Oc2ccccc2)c1)c1cccc(SC(F)(F)F)c1. The molecule has 3 aromatic rings. The van der Waals surface area contributed by atoms with E-state index in [0.29, 0.717) is 17.1 Å². The van der Waals surface area contributed by atoms with Gasteiger partial charge in [0.15, 0.2) is 0 Å². The molecular weight excluding hydrogens is 437 g/mol. The normalized spacial score (nSPS) is 12.4. The zero-order chi connectivity index (χ0) is 23.1. The number of para-hydroxylation sites is 1. The van der Waals surface area contributed by atoms with Crippen LogP contribution >= 0.6 is 11.8 Å².